The molecule has 0 amide bonds. The zero-order valence-corrected chi connectivity index (χ0v) is 9.46. The lowest BCUT2D eigenvalue weighted by atomic mass is 9.98. The first-order valence-electron chi connectivity index (χ1n) is 5.66. The monoisotopic (exact) mass is 212 g/mol. The van der Waals surface area contributed by atoms with Crippen molar-refractivity contribution in [2.75, 3.05) is 6.61 Å². The molecule has 1 fully saturated rings. The van der Waals surface area contributed by atoms with Crippen LogP contribution in [0.25, 0.3) is 0 Å². The van der Waals surface area contributed by atoms with E-state index in [0.29, 0.717) is 13.0 Å². The summed E-state index contributed by atoms with van der Waals surface area (Å²) >= 11 is 0. The van der Waals surface area contributed by atoms with Crippen LogP contribution in [0.5, 0.6) is 0 Å². The predicted octanol–water partition coefficient (Wildman–Crippen LogP) is 3.44. The molecule has 0 bridgehead atoms. The van der Waals surface area contributed by atoms with Gasteiger partial charge in [0.25, 0.3) is 0 Å². The molecule has 0 unspecified atom stereocenters. The van der Waals surface area contributed by atoms with Gasteiger partial charge in [-0.3, -0.25) is 0 Å². The topological polar surface area (TPSA) is 35.5 Å². The van der Waals surface area contributed by atoms with Crippen molar-refractivity contribution in [3.63, 3.8) is 0 Å². The zero-order chi connectivity index (χ0) is 11.1. The van der Waals surface area contributed by atoms with Gasteiger partial charge in [-0.15, -0.1) is 6.58 Å². The van der Waals surface area contributed by atoms with Gasteiger partial charge in [0.15, 0.2) is 0 Å². The standard InChI is InChI=1S/C12H20O3/c1-10(2)8-9-14-12(13)15-11-6-4-3-5-7-11/h11H,1,3-9H2,2H3. The summed E-state index contributed by atoms with van der Waals surface area (Å²) in [5.74, 6) is 0. The summed E-state index contributed by atoms with van der Waals surface area (Å²) in [5.41, 5.74) is 1.01. The van der Waals surface area contributed by atoms with Crippen molar-refractivity contribution in [2.24, 2.45) is 0 Å². The molecule has 0 atom stereocenters. The van der Waals surface area contributed by atoms with Crippen LogP contribution in [0.1, 0.15) is 45.4 Å². The molecule has 0 aliphatic heterocycles. The highest BCUT2D eigenvalue weighted by atomic mass is 16.7. The van der Waals surface area contributed by atoms with Gasteiger partial charge in [-0.1, -0.05) is 12.0 Å². The van der Waals surface area contributed by atoms with Crippen molar-refractivity contribution in [1.82, 2.24) is 0 Å². The minimum atomic E-state index is -0.525. The van der Waals surface area contributed by atoms with Crippen molar-refractivity contribution < 1.29 is 14.3 Å². The molecule has 0 aromatic carbocycles. The van der Waals surface area contributed by atoms with E-state index < -0.39 is 6.16 Å². The van der Waals surface area contributed by atoms with Gasteiger partial charge in [0.05, 0.1) is 6.61 Å². The van der Waals surface area contributed by atoms with Crippen molar-refractivity contribution in [1.29, 1.82) is 0 Å². The normalized spacial score (nSPS) is 17.1. The molecule has 0 spiro atoms. The van der Waals surface area contributed by atoms with E-state index in [9.17, 15) is 4.79 Å². The lowest BCUT2D eigenvalue weighted by Crippen LogP contribution is -2.21. The average molecular weight is 212 g/mol. The largest absolute Gasteiger partial charge is 0.508 e. The summed E-state index contributed by atoms with van der Waals surface area (Å²) in [7, 11) is 0. The van der Waals surface area contributed by atoms with Gasteiger partial charge in [-0.05, 0) is 32.6 Å². The number of hydrogen-bond donors (Lipinski definition) is 0. The lowest BCUT2D eigenvalue weighted by Gasteiger charge is -2.21. The Bertz CT molecular complexity index is 217. The van der Waals surface area contributed by atoms with Gasteiger partial charge in [0.1, 0.15) is 6.10 Å². The highest BCUT2D eigenvalue weighted by Gasteiger charge is 2.18. The fraction of sp³-hybridized carbons (Fsp3) is 0.750. The predicted molar refractivity (Wildman–Crippen MR) is 58.7 cm³/mol. The number of rotatable bonds is 4. The van der Waals surface area contributed by atoms with Crippen LogP contribution in [0, 0.1) is 0 Å². The van der Waals surface area contributed by atoms with E-state index in [4.69, 9.17) is 9.47 Å². The molecule has 3 nitrogen and oxygen atoms in total. The molecule has 0 N–H and O–H groups in total. The van der Waals surface area contributed by atoms with E-state index in [2.05, 4.69) is 6.58 Å². The van der Waals surface area contributed by atoms with Gasteiger partial charge in [-0.25, -0.2) is 4.79 Å². The van der Waals surface area contributed by atoms with Crippen LogP contribution >= 0.6 is 0 Å². The first-order chi connectivity index (χ1) is 7.18. The van der Waals surface area contributed by atoms with Crippen LogP contribution in [0.4, 0.5) is 4.79 Å². The Morgan fingerprint density at radius 3 is 2.60 bits per heavy atom. The molecule has 0 aromatic heterocycles. The van der Waals surface area contributed by atoms with E-state index in [1.165, 1.54) is 6.42 Å². The maximum atomic E-state index is 11.2. The summed E-state index contributed by atoms with van der Waals surface area (Å²) in [6, 6.07) is 0. The fourth-order valence-electron chi connectivity index (χ4n) is 1.66. The van der Waals surface area contributed by atoms with Gasteiger partial charge < -0.3 is 9.47 Å². The number of ether oxygens (including phenoxy) is 2. The van der Waals surface area contributed by atoms with E-state index >= 15 is 0 Å². The zero-order valence-electron chi connectivity index (χ0n) is 9.46. The Hall–Kier alpha value is -0.990. The summed E-state index contributed by atoms with van der Waals surface area (Å²) in [6.07, 6.45) is 5.79. The molecule has 1 rings (SSSR count). The molecule has 1 saturated carbocycles. The van der Waals surface area contributed by atoms with Crippen molar-refractivity contribution >= 4 is 6.16 Å². The Labute approximate surface area is 91.4 Å². The Balaban J connectivity index is 2.09. The highest BCUT2D eigenvalue weighted by molar-refractivity contribution is 5.60. The van der Waals surface area contributed by atoms with Gasteiger partial charge in [0.2, 0.25) is 0 Å². The Morgan fingerprint density at radius 1 is 1.33 bits per heavy atom. The Morgan fingerprint density at radius 2 is 2.00 bits per heavy atom. The number of carbonyl (C=O) groups excluding carboxylic acids is 1. The molecule has 0 heterocycles. The van der Waals surface area contributed by atoms with E-state index in [-0.39, 0.29) is 6.10 Å². The second-order valence-corrected chi connectivity index (χ2v) is 4.18. The highest BCUT2D eigenvalue weighted by Crippen LogP contribution is 2.20. The van der Waals surface area contributed by atoms with E-state index in [1.807, 2.05) is 6.92 Å². The molecule has 0 radical (unpaired) electrons. The number of hydrogen-bond acceptors (Lipinski definition) is 3. The summed E-state index contributed by atoms with van der Waals surface area (Å²) in [4.78, 5) is 11.2. The van der Waals surface area contributed by atoms with Crippen LogP contribution in [-0.4, -0.2) is 18.9 Å². The fourth-order valence-corrected chi connectivity index (χ4v) is 1.66. The second-order valence-electron chi connectivity index (χ2n) is 4.18. The third-order valence-corrected chi connectivity index (χ3v) is 2.56. The van der Waals surface area contributed by atoms with Gasteiger partial charge in [0, 0.05) is 6.42 Å². The molecular formula is C12H20O3. The smallest absolute Gasteiger partial charge is 0.434 e. The minimum absolute atomic E-state index is 0.0797. The quantitative estimate of drug-likeness (QED) is 0.529. The Kier molecular flexibility index (Phi) is 5.22. The average Bonchev–Trinajstić information content (AvgIpc) is 2.18. The molecular weight excluding hydrogens is 192 g/mol. The minimum Gasteiger partial charge on any atom is -0.434 e. The summed E-state index contributed by atoms with van der Waals surface area (Å²) < 4.78 is 10.1. The molecule has 1 aliphatic carbocycles. The van der Waals surface area contributed by atoms with Crippen LogP contribution in [-0.2, 0) is 9.47 Å². The maximum absolute atomic E-state index is 11.2. The van der Waals surface area contributed by atoms with Gasteiger partial charge in [-0.2, -0.15) is 0 Å². The van der Waals surface area contributed by atoms with Crippen LogP contribution in [0.2, 0.25) is 0 Å². The van der Waals surface area contributed by atoms with Crippen molar-refractivity contribution in [3.8, 4) is 0 Å². The molecule has 0 saturated heterocycles. The third-order valence-electron chi connectivity index (χ3n) is 2.56. The van der Waals surface area contributed by atoms with Gasteiger partial charge >= 0.3 is 6.16 Å². The van der Waals surface area contributed by atoms with Crippen molar-refractivity contribution in [3.05, 3.63) is 12.2 Å². The SMILES string of the molecule is C=C(C)CCOC(=O)OC1CCCCC1. The molecule has 3 heteroatoms. The summed E-state index contributed by atoms with van der Waals surface area (Å²) in [5, 5.41) is 0. The van der Waals surface area contributed by atoms with Crippen LogP contribution < -0.4 is 0 Å². The maximum Gasteiger partial charge on any atom is 0.508 e. The molecule has 0 aromatic rings. The van der Waals surface area contributed by atoms with E-state index in [1.54, 1.807) is 0 Å². The van der Waals surface area contributed by atoms with E-state index in [0.717, 1.165) is 31.3 Å². The van der Waals surface area contributed by atoms with Crippen molar-refractivity contribution in [2.45, 2.75) is 51.6 Å². The first kappa shape index (κ1) is 12.1. The lowest BCUT2D eigenvalue weighted by molar-refractivity contribution is 0.0119. The summed E-state index contributed by atoms with van der Waals surface area (Å²) in [6.45, 7) is 6.02. The molecule has 15 heavy (non-hydrogen) atoms. The number of carbonyl (C=O) groups is 1. The third kappa shape index (κ3) is 5.45. The first-order valence-corrected chi connectivity index (χ1v) is 5.66. The second kappa shape index (κ2) is 6.49. The molecule has 1 aliphatic rings. The van der Waals surface area contributed by atoms with Crippen LogP contribution in [0.15, 0.2) is 12.2 Å². The van der Waals surface area contributed by atoms with Crippen LogP contribution in [0.3, 0.4) is 0 Å². The molecule has 86 valence electrons.